The number of aryl methyl sites for hydroxylation is 1. The third-order valence-electron chi connectivity index (χ3n) is 4.09. The van der Waals surface area contributed by atoms with Gasteiger partial charge in [0.25, 0.3) is 0 Å². The number of nitrogens with one attached hydrogen (secondary N) is 2. The molecule has 1 unspecified atom stereocenters. The number of thioether (sulfide) groups is 1. The molecule has 0 spiro atoms. The van der Waals surface area contributed by atoms with Crippen LogP contribution in [0.4, 0.5) is 0 Å². The van der Waals surface area contributed by atoms with Gasteiger partial charge in [-0.1, -0.05) is 24.6 Å². The normalized spacial score (nSPS) is 17.9. The zero-order valence-corrected chi connectivity index (χ0v) is 15.7. The van der Waals surface area contributed by atoms with Crippen LogP contribution >= 0.6 is 11.8 Å². The van der Waals surface area contributed by atoms with E-state index in [1.54, 1.807) is 7.05 Å². The molecule has 1 saturated heterocycles. The van der Waals surface area contributed by atoms with Gasteiger partial charge in [-0.2, -0.15) is 0 Å². The number of carbonyl (C=O) groups excluding carboxylic acids is 1. The molecule has 0 saturated carbocycles. The molecule has 1 aromatic rings. The van der Waals surface area contributed by atoms with Gasteiger partial charge >= 0.3 is 0 Å². The van der Waals surface area contributed by atoms with Gasteiger partial charge in [-0.25, -0.2) is 0 Å². The van der Waals surface area contributed by atoms with E-state index in [0.29, 0.717) is 6.42 Å². The first kappa shape index (κ1) is 18.6. The lowest BCUT2D eigenvalue weighted by atomic mass is 10.2. The molecule has 2 N–H and O–H groups in total. The molecule has 1 atom stereocenters. The summed E-state index contributed by atoms with van der Waals surface area (Å²) in [7, 11) is 1.78. The molecule has 2 rings (SSSR count). The summed E-state index contributed by atoms with van der Waals surface area (Å²) in [6.45, 7) is 6.47. The largest absolute Gasteiger partial charge is 0.356 e. The summed E-state index contributed by atoms with van der Waals surface area (Å²) in [5.41, 5.74) is 1.29. The van der Waals surface area contributed by atoms with Crippen LogP contribution in [0.1, 0.15) is 25.3 Å². The van der Waals surface area contributed by atoms with E-state index in [0.717, 1.165) is 37.8 Å². The molecule has 1 fully saturated rings. The fourth-order valence-electron chi connectivity index (χ4n) is 2.69. The Bertz CT molecular complexity index is 559. The summed E-state index contributed by atoms with van der Waals surface area (Å²) in [5.74, 6) is 2.03. The van der Waals surface area contributed by atoms with E-state index in [4.69, 9.17) is 0 Å². The van der Waals surface area contributed by atoms with E-state index in [1.807, 2.05) is 23.6 Å². The molecule has 0 bridgehead atoms. The fourth-order valence-corrected chi connectivity index (χ4v) is 3.46. The first-order valence-corrected chi connectivity index (χ1v) is 9.55. The first-order chi connectivity index (χ1) is 11.6. The highest BCUT2D eigenvalue weighted by atomic mass is 32.2. The lowest BCUT2D eigenvalue weighted by molar-refractivity contribution is -0.129. The van der Waals surface area contributed by atoms with Crippen LogP contribution in [0.5, 0.6) is 0 Å². The summed E-state index contributed by atoms with van der Waals surface area (Å²) >= 11 is 1.83. The Hall–Kier alpha value is -1.69. The summed E-state index contributed by atoms with van der Waals surface area (Å²) in [6, 6.07) is 8.88. The molecule has 1 aromatic carbocycles. The lowest BCUT2D eigenvalue weighted by Gasteiger charge is -2.18. The number of rotatable bonds is 6. The number of amides is 1. The molecular formula is C18H28N4OS. The molecule has 24 heavy (non-hydrogen) atoms. The van der Waals surface area contributed by atoms with E-state index in [-0.39, 0.29) is 11.9 Å². The van der Waals surface area contributed by atoms with E-state index < -0.39 is 0 Å². The molecule has 1 aliphatic heterocycles. The number of benzene rings is 1. The molecule has 1 heterocycles. The topological polar surface area (TPSA) is 56.7 Å². The highest BCUT2D eigenvalue weighted by molar-refractivity contribution is 7.99. The van der Waals surface area contributed by atoms with Gasteiger partial charge in [0.1, 0.15) is 0 Å². The average Bonchev–Trinajstić information content (AvgIpc) is 3.07. The Morgan fingerprint density at radius 1 is 1.38 bits per heavy atom. The zero-order chi connectivity index (χ0) is 17.4. The Labute approximate surface area is 149 Å². The summed E-state index contributed by atoms with van der Waals surface area (Å²) in [4.78, 5) is 19.2. The van der Waals surface area contributed by atoms with Crippen molar-refractivity contribution in [1.82, 2.24) is 15.5 Å². The second-order valence-corrected chi connectivity index (χ2v) is 7.15. The predicted octanol–water partition coefficient (Wildman–Crippen LogP) is 2.26. The molecule has 132 valence electrons. The Balaban J connectivity index is 1.67. The second kappa shape index (κ2) is 9.57. The molecule has 1 aliphatic rings. The van der Waals surface area contributed by atoms with E-state index in [2.05, 4.69) is 46.8 Å². The molecule has 6 heteroatoms. The maximum Gasteiger partial charge on any atom is 0.222 e. The Kier molecular flexibility index (Phi) is 7.43. The van der Waals surface area contributed by atoms with Gasteiger partial charge in [0, 0.05) is 49.8 Å². The zero-order valence-electron chi connectivity index (χ0n) is 14.8. The first-order valence-electron chi connectivity index (χ1n) is 8.56. The lowest BCUT2D eigenvalue weighted by Crippen LogP contribution is -2.45. The summed E-state index contributed by atoms with van der Waals surface area (Å²) in [5, 5.41) is 6.77. The van der Waals surface area contributed by atoms with Crippen molar-refractivity contribution in [2.24, 2.45) is 4.99 Å². The molecule has 5 nitrogen and oxygen atoms in total. The highest BCUT2D eigenvalue weighted by Gasteiger charge is 2.25. The van der Waals surface area contributed by atoms with Crippen LogP contribution < -0.4 is 10.6 Å². The third-order valence-corrected chi connectivity index (χ3v) is 5.11. The van der Waals surface area contributed by atoms with E-state index >= 15 is 0 Å². The van der Waals surface area contributed by atoms with Crippen molar-refractivity contribution in [3.05, 3.63) is 29.8 Å². The standard InChI is InChI=1S/C18H28N4OS/c1-4-17(23)22-11-9-15(13-22)21-18(19-3)20-10-12-24-16-7-5-14(2)6-8-16/h5-8,15H,4,9-13H2,1-3H3,(H2,19,20,21). The second-order valence-electron chi connectivity index (χ2n) is 5.98. The number of hydrogen-bond acceptors (Lipinski definition) is 3. The minimum Gasteiger partial charge on any atom is -0.356 e. The average molecular weight is 349 g/mol. The number of aliphatic imine (C=N–C) groups is 1. The molecule has 0 aromatic heterocycles. The number of likely N-dealkylation sites (tertiary alicyclic amines) is 1. The van der Waals surface area contributed by atoms with Gasteiger partial charge in [-0.15, -0.1) is 11.8 Å². The monoisotopic (exact) mass is 348 g/mol. The number of hydrogen-bond donors (Lipinski definition) is 2. The molecule has 0 aliphatic carbocycles. The number of nitrogens with zero attached hydrogens (tertiary/aromatic N) is 2. The van der Waals surface area contributed by atoms with Gasteiger partial charge in [0.15, 0.2) is 5.96 Å². The maximum atomic E-state index is 11.7. The van der Waals surface area contributed by atoms with Crippen molar-refractivity contribution >= 4 is 23.6 Å². The predicted molar refractivity (Wildman–Crippen MR) is 102 cm³/mol. The minimum atomic E-state index is 0.233. The van der Waals surface area contributed by atoms with E-state index in [9.17, 15) is 4.79 Å². The van der Waals surface area contributed by atoms with Crippen LogP contribution in [0.25, 0.3) is 0 Å². The summed E-state index contributed by atoms with van der Waals surface area (Å²) in [6.07, 6.45) is 1.56. The van der Waals surface area contributed by atoms with Gasteiger partial charge in [-0.05, 0) is 25.5 Å². The van der Waals surface area contributed by atoms with Gasteiger partial charge in [-0.3, -0.25) is 9.79 Å². The smallest absolute Gasteiger partial charge is 0.222 e. The molecule has 0 radical (unpaired) electrons. The Morgan fingerprint density at radius 3 is 2.79 bits per heavy atom. The maximum absolute atomic E-state index is 11.7. The van der Waals surface area contributed by atoms with Crippen LogP contribution in [0.15, 0.2) is 34.2 Å². The highest BCUT2D eigenvalue weighted by Crippen LogP contribution is 2.17. The Morgan fingerprint density at radius 2 is 2.12 bits per heavy atom. The van der Waals surface area contributed by atoms with Crippen LogP contribution in [0.3, 0.4) is 0 Å². The van der Waals surface area contributed by atoms with Crippen LogP contribution in [-0.2, 0) is 4.79 Å². The quantitative estimate of drug-likeness (QED) is 0.358. The van der Waals surface area contributed by atoms with Crippen molar-refractivity contribution < 1.29 is 4.79 Å². The molecular weight excluding hydrogens is 320 g/mol. The van der Waals surface area contributed by atoms with Gasteiger partial charge in [0.2, 0.25) is 5.91 Å². The van der Waals surface area contributed by atoms with Crippen molar-refractivity contribution in [2.75, 3.05) is 32.4 Å². The third kappa shape index (κ3) is 5.74. The van der Waals surface area contributed by atoms with Gasteiger partial charge in [0.05, 0.1) is 0 Å². The SMILES string of the molecule is CCC(=O)N1CCC(NC(=NC)NCCSc2ccc(C)cc2)C1. The minimum absolute atomic E-state index is 0.233. The van der Waals surface area contributed by atoms with Gasteiger partial charge < -0.3 is 15.5 Å². The van der Waals surface area contributed by atoms with Crippen molar-refractivity contribution in [1.29, 1.82) is 0 Å². The van der Waals surface area contributed by atoms with Crippen LogP contribution in [-0.4, -0.2) is 55.2 Å². The fraction of sp³-hybridized carbons (Fsp3) is 0.556. The van der Waals surface area contributed by atoms with Crippen LogP contribution in [0, 0.1) is 6.92 Å². The van der Waals surface area contributed by atoms with Crippen molar-refractivity contribution in [3.8, 4) is 0 Å². The van der Waals surface area contributed by atoms with Crippen molar-refractivity contribution in [2.45, 2.75) is 37.6 Å². The van der Waals surface area contributed by atoms with Crippen LogP contribution in [0.2, 0.25) is 0 Å². The van der Waals surface area contributed by atoms with Crippen molar-refractivity contribution in [3.63, 3.8) is 0 Å². The van der Waals surface area contributed by atoms with E-state index in [1.165, 1.54) is 10.5 Å². The number of guanidine groups is 1. The molecule has 1 amide bonds. The summed E-state index contributed by atoms with van der Waals surface area (Å²) < 4.78 is 0. The number of carbonyl (C=O) groups is 1.